The summed E-state index contributed by atoms with van der Waals surface area (Å²) in [6.45, 7) is 5.80. The lowest BCUT2D eigenvalue weighted by molar-refractivity contribution is 0.0935. The van der Waals surface area contributed by atoms with Crippen LogP contribution in [0.3, 0.4) is 0 Å². The quantitative estimate of drug-likeness (QED) is 0.704. The SMILES string of the molecule is CC(C)NC(=O)O[C@H](C)C1CC1. The van der Waals surface area contributed by atoms with Gasteiger partial charge in [-0.1, -0.05) is 0 Å². The molecule has 70 valence electrons. The van der Waals surface area contributed by atoms with Crippen LogP contribution in [0.1, 0.15) is 33.6 Å². The molecule has 0 saturated heterocycles. The maximum absolute atomic E-state index is 11.1. The Kier molecular flexibility index (Phi) is 2.95. The van der Waals surface area contributed by atoms with Crippen LogP contribution in [-0.4, -0.2) is 18.2 Å². The van der Waals surface area contributed by atoms with Crippen LogP contribution in [0.2, 0.25) is 0 Å². The smallest absolute Gasteiger partial charge is 0.407 e. The van der Waals surface area contributed by atoms with E-state index in [-0.39, 0.29) is 18.2 Å². The first-order valence-corrected chi connectivity index (χ1v) is 4.56. The molecule has 1 aliphatic carbocycles. The molecule has 0 aromatic heterocycles. The van der Waals surface area contributed by atoms with Crippen LogP contribution in [0.25, 0.3) is 0 Å². The monoisotopic (exact) mass is 171 g/mol. The second-order valence-electron chi connectivity index (χ2n) is 3.75. The fourth-order valence-corrected chi connectivity index (χ4v) is 1.10. The molecule has 0 heterocycles. The largest absolute Gasteiger partial charge is 0.446 e. The first kappa shape index (κ1) is 9.36. The van der Waals surface area contributed by atoms with Crippen molar-refractivity contribution >= 4 is 6.09 Å². The van der Waals surface area contributed by atoms with Gasteiger partial charge in [0.1, 0.15) is 6.10 Å². The van der Waals surface area contributed by atoms with E-state index in [0.717, 1.165) is 0 Å². The Balaban J connectivity index is 2.15. The summed E-state index contributed by atoms with van der Waals surface area (Å²) in [6.07, 6.45) is 2.21. The molecule has 1 N–H and O–H groups in total. The summed E-state index contributed by atoms with van der Waals surface area (Å²) in [5.41, 5.74) is 0. The molecule has 0 aromatic carbocycles. The molecular weight excluding hydrogens is 154 g/mol. The Hall–Kier alpha value is -0.730. The minimum Gasteiger partial charge on any atom is -0.446 e. The second kappa shape index (κ2) is 3.78. The standard InChI is InChI=1S/C9H17NO2/c1-6(2)10-9(11)12-7(3)8-4-5-8/h6-8H,4-5H2,1-3H3,(H,10,11)/t7-/m1/s1. The summed E-state index contributed by atoms with van der Waals surface area (Å²) < 4.78 is 5.14. The number of carbonyl (C=O) groups is 1. The van der Waals surface area contributed by atoms with Gasteiger partial charge in [-0.05, 0) is 39.5 Å². The van der Waals surface area contributed by atoms with Crippen LogP contribution in [0, 0.1) is 5.92 Å². The molecule has 1 saturated carbocycles. The van der Waals surface area contributed by atoms with E-state index in [9.17, 15) is 4.79 Å². The summed E-state index contributed by atoms with van der Waals surface area (Å²) in [5, 5.41) is 2.70. The predicted octanol–water partition coefficient (Wildman–Crippen LogP) is 1.92. The third kappa shape index (κ3) is 3.11. The minimum atomic E-state index is -0.288. The molecule has 0 radical (unpaired) electrons. The fourth-order valence-electron chi connectivity index (χ4n) is 1.10. The lowest BCUT2D eigenvalue weighted by Crippen LogP contribution is -2.33. The van der Waals surface area contributed by atoms with Crippen molar-refractivity contribution in [1.29, 1.82) is 0 Å². The molecule has 1 rings (SSSR count). The number of nitrogens with one attached hydrogen (secondary N) is 1. The number of amides is 1. The Bertz CT molecular complexity index is 164. The topological polar surface area (TPSA) is 38.3 Å². The van der Waals surface area contributed by atoms with Crippen molar-refractivity contribution in [2.75, 3.05) is 0 Å². The molecule has 0 spiro atoms. The van der Waals surface area contributed by atoms with Crippen molar-refractivity contribution in [1.82, 2.24) is 5.32 Å². The molecule has 1 atom stereocenters. The lowest BCUT2D eigenvalue weighted by Gasteiger charge is -2.14. The highest BCUT2D eigenvalue weighted by Gasteiger charge is 2.30. The Morgan fingerprint density at radius 1 is 1.42 bits per heavy atom. The summed E-state index contributed by atoms with van der Waals surface area (Å²) in [6, 6.07) is 0.156. The average Bonchev–Trinajstić information content (AvgIpc) is 2.63. The van der Waals surface area contributed by atoms with Crippen LogP contribution >= 0.6 is 0 Å². The number of hydrogen-bond donors (Lipinski definition) is 1. The summed E-state index contributed by atoms with van der Waals surface area (Å²) in [4.78, 5) is 11.1. The van der Waals surface area contributed by atoms with Gasteiger partial charge in [-0.3, -0.25) is 0 Å². The molecule has 12 heavy (non-hydrogen) atoms. The molecule has 3 nitrogen and oxygen atoms in total. The van der Waals surface area contributed by atoms with E-state index >= 15 is 0 Å². The van der Waals surface area contributed by atoms with Crippen LogP contribution in [-0.2, 0) is 4.74 Å². The highest BCUT2D eigenvalue weighted by molar-refractivity contribution is 5.67. The highest BCUT2D eigenvalue weighted by Crippen LogP contribution is 2.33. The van der Waals surface area contributed by atoms with Gasteiger partial charge in [0.2, 0.25) is 0 Å². The van der Waals surface area contributed by atoms with Crippen LogP contribution < -0.4 is 5.32 Å². The summed E-state index contributed by atoms with van der Waals surface area (Å²) in [5.74, 6) is 0.614. The van der Waals surface area contributed by atoms with E-state index in [4.69, 9.17) is 4.74 Å². The number of carbonyl (C=O) groups excluding carboxylic acids is 1. The third-order valence-corrected chi connectivity index (χ3v) is 1.99. The Morgan fingerprint density at radius 3 is 2.42 bits per heavy atom. The Labute approximate surface area is 73.5 Å². The Morgan fingerprint density at radius 2 is 2.00 bits per heavy atom. The average molecular weight is 171 g/mol. The number of hydrogen-bond acceptors (Lipinski definition) is 2. The molecular formula is C9H17NO2. The predicted molar refractivity (Wildman–Crippen MR) is 46.9 cm³/mol. The number of alkyl carbamates (subject to hydrolysis) is 1. The normalized spacial score (nSPS) is 19.0. The first-order chi connectivity index (χ1) is 5.59. The molecule has 1 fully saturated rings. The van der Waals surface area contributed by atoms with Gasteiger partial charge >= 0.3 is 6.09 Å². The molecule has 0 aromatic rings. The van der Waals surface area contributed by atoms with E-state index in [1.54, 1.807) is 0 Å². The summed E-state index contributed by atoms with van der Waals surface area (Å²) >= 11 is 0. The number of ether oxygens (including phenoxy) is 1. The summed E-state index contributed by atoms with van der Waals surface area (Å²) in [7, 11) is 0. The molecule has 0 aliphatic heterocycles. The van der Waals surface area contributed by atoms with Gasteiger partial charge in [0.25, 0.3) is 0 Å². The highest BCUT2D eigenvalue weighted by atomic mass is 16.6. The third-order valence-electron chi connectivity index (χ3n) is 1.99. The first-order valence-electron chi connectivity index (χ1n) is 4.56. The van der Waals surface area contributed by atoms with Gasteiger partial charge in [-0.2, -0.15) is 0 Å². The molecule has 0 bridgehead atoms. The van der Waals surface area contributed by atoms with Crippen molar-refractivity contribution in [2.24, 2.45) is 5.92 Å². The number of rotatable bonds is 3. The lowest BCUT2D eigenvalue weighted by atomic mass is 10.3. The maximum Gasteiger partial charge on any atom is 0.407 e. The fraction of sp³-hybridized carbons (Fsp3) is 0.889. The van der Waals surface area contributed by atoms with E-state index in [1.165, 1.54) is 12.8 Å². The van der Waals surface area contributed by atoms with E-state index < -0.39 is 0 Å². The second-order valence-corrected chi connectivity index (χ2v) is 3.75. The maximum atomic E-state index is 11.1. The zero-order chi connectivity index (χ0) is 9.14. The van der Waals surface area contributed by atoms with Gasteiger partial charge < -0.3 is 10.1 Å². The molecule has 1 amide bonds. The van der Waals surface area contributed by atoms with Gasteiger partial charge in [0.15, 0.2) is 0 Å². The molecule has 1 aliphatic rings. The van der Waals surface area contributed by atoms with E-state index in [0.29, 0.717) is 5.92 Å². The van der Waals surface area contributed by atoms with Gasteiger partial charge in [-0.15, -0.1) is 0 Å². The molecule has 0 unspecified atom stereocenters. The zero-order valence-electron chi connectivity index (χ0n) is 7.96. The van der Waals surface area contributed by atoms with Crippen molar-refractivity contribution < 1.29 is 9.53 Å². The van der Waals surface area contributed by atoms with E-state index in [1.807, 2.05) is 20.8 Å². The van der Waals surface area contributed by atoms with Crippen molar-refractivity contribution in [3.8, 4) is 0 Å². The van der Waals surface area contributed by atoms with Crippen LogP contribution in [0.5, 0.6) is 0 Å². The van der Waals surface area contributed by atoms with E-state index in [2.05, 4.69) is 5.32 Å². The van der Waals surface area contributed by atoms with Crippen molar-refractivity contribution in [2.45, 2.75) is 45.8 Å². The van der Waals surface area contributed by atoms with Gasteiger partial charge in [0, 0.05) is 6.04 Å². The van der Waals surface area contributed by atoms with Crippen molar-refractivity contribution in [3.05, 3.63) is 0 Å². The van der Waals surface area contributed by atoms with Crippen LogP contribution in [0.15, 0.2) is 0 Å². The molecule has 3 heteroatoms. The van der Waals surface area contributed by atoms with Gasteiger partial charge in [0.05, 0.1) is 0 Å². The minimum absolute atomic E-state index is 0.0868. The van der Waals surface area contributed by atoms with Crippen molar-refractivity contribution in [3.63, 3.8) is 0 Å². The zero-order valence-corrected chi connectivity index (χ0v) is 7.96. The van der Waals surface area contributed by atoms with Crippen LogP contribution in [0.4, 0.5) is 4.79 Å². The van der Waals surface area contributed by atoms with Gasteiger partial charge in [-0.25, -0.2) is 4.79 Å².